The molecule has 116 valence electrons. The molecule has 0 aliphatic heterocycles. The highest BCUT2D eigenvalue weighted by Gasteiger charge is 2.14. The van der Waals surface area contributed by atoms with Crippen molar-refractivity contribution < 1.29 is 14.6 Å². The monoisotopic (exact) mass is 373 g/mol. The number of carbonyl (C=O) groups is 1. The number of para-hydroxylation sites is 1. The van der Waals surface area contributed by atoms with Crippen LogP contribution in [0, 0.1) is 0 Å². The minimum atomic E-state index is -0.550. The number of methoxy groups -OCH3 is 1. The quantitative estimate of drug-likeness (QED) is 0.659. The molecule has 0 radical (unpaired) electrons. The van der Waals surface area contributed by atoms with E-state index < -0.39 is 5.91 Å². The van der Waals surface area contributed by atoms with E-state index in [0.717, 1.165) is 4.47 Å². The Hall–Kier alpha value is -2.67. The van der Waals surface area contributed by atoms with Crippen molar-refractivity contribution in [2.75, 3.05) is 7.11 Å². The summed E-state index contributed by atoms with van der Waals surface area (Å²) in [6, 6.07) is 12.2. The smallest absolute Gasteiger partial charge is 0.299 e. The van der Waals surface area contributed by atoms with Crippen LogP contribution in [-0.4, -0.2) is 23.1 Å². The Kier molecular flexibility index (Phi) is 4.12. The lowest BCUT2D eigenvalue weighted by molar-refractivity contribution is 0.0992. The number of nitrogens with zero attached hydrogens (tertiary/aromatic N) is 2. The van der Waals surface area contributed by atoms with E-state index in [1.807, 2.05) is 6.07 Å². The van der Waals surface area contributed by atoms with Gasteiger partial charge in [0.25, 0.3) is 5.91 Å². The summed E-state index contributed by atoms with van der Waals surface area (Å²) in [7, 11) is 1.48. The molecule has 1 aromatic heterocycles. The molecule has 2 N–H and O–H groups in total. The number of aromatic amines is 1. The third-order valence-corrected chi connectivity index (χ3v) is 3.79. The predicted molar refractivity (Wildman–Crippen MR) is 89.5 cm³/mol. The number of hydrogen-bond acceptors (Lipinski definition) is 4. The van der Waals surface area contributed by atoms with Crippen LogP contribution in [0.25, 0.3) is 10.9 Å². The van der Waals surface area contributed by atoms with Crippen LogP contribution < -0.4 is 4.74 Å². The van der Waals surface area contributed by atoms with E-state index in [9.17, 15) is 9.90 Å². The number of H-pyrrole nitrogens is 1. The SMILES string of the molecule is COc1ccccc1C(=O)N=Nc1c(O)[nH]c2ccc(Br)cc12. The second-order valence-electron chi connectivity index (χ2n) is 4.72. The number of hydrogen-bond donors (Lipinski definition) is 2. The average molecular weight is 374 g/mol. The fourth-order valence-electron chi connectivity index (χ4n) is 2.21. The van der Waals surface area contributed by atoms with Crippen molar-refractivity contribution in [3.63, 3.8) is 0 Å². The van der Waals surface area contributed by atoms with Crippen molar-refractivity contribution >= 4 is 38.4 Å². The largest absolute Gasteiger partial charge is 0.496 e. The number of aromatic nitrogens is 1. The summed E-state index contributed by atoms with van der Waals surface area (Å²) in [5, 5.41) is 18.2. The topological polar surface area (TPSA) is 87.0 Å². The van der Waals surface area contributed by atoms with Gasteiger partial charge in [0, 0.05) is 9.86 Å². The van der Waals surface area contributed by atoms with Gasteiger partial charge in [-0.2, -0.15) is 0 Å². The van der Waals surface area contributed by atoms with E-state index in [4.69, 9.17) is 4.74 Å². The Labute approximate surface area is 139 Å². The van der Waals surface area contributed by atoms with Crippen LogP contribution in [0.5, 0.6) is 11.6 Å². The van der Waals surface area contributed by atoms with Gasteiger partial charge < -0.3 is 14.8 Å². The van der Waals surface area contributed by atoms with Crippen molar-refractivity contribution in [2.24, 2.45) is 10.2 Å². The number of nitrogens with one attached hydrogen (secondary N) is 1. The van der Waals surface area contributed by atoms with Crippen LogP contribution in [0.4, 0.5) is 5.69 Å². The Morgan fingerprint density at radius 1 is 1.26 bits per heavy atom. The molecule has 2 aromatic carbocycles. The Bertz CT molecular complexity index is 918. The van der Waals surface area contributed by atoms with Crippen molar-refractivity contribution in [2.45, 2.75) is 0 Å². The van der Waals surface area contributed by atoms with E-state index in [0.29, 0.717) is 22.2 Å². The fourth-order valence-corrected chi connectivity index (χ4v) is 2.57. The maximum absolute atomic E-state index is 12.2. The predicted octanol–water partition coefficient (Wildman–Crippen LogP) is 4.57. The molecule has 0 saturated carbocycles. The number of ether oxygens (including phenoxy) is 1. The van der Waals surface area contributed by atoms with Crippen LogP contribution in [-0.2, 0) is 0 Å². The van der Waals surface area contributed by atoms with Gasteiger partial charge in [0.05, 0.1) is 18.2 Å². The number of halogens is 1. The standard InChI is InChI=1S/C16H12BrN3O3/c1-23-13-5-3-2-4-10(13)15(21)20-19-14-11-8-9(17)6-7-12(11)18-16(14)22/h2-8,18,22H,1H3. The van der Waals surface area contributed by atoms with Gasteiger partial charge in [0.15, 0.2) is 5.69 Å². The summed E-state index contributed by atoms with van der Waals surface area (Å²) < 4.78 is 5.96. The van der Waals surface area contributed by atoms with Gasteiger partial charge >= 0.3 is 0 Å². The lowest BCUT2D eigenvalue weighted by Crippen LogP contribution is -1.97. The molecule has 3 aromatic rings. The van der Waals surface area contributed by atoms with Gasteiger partial charge in [-0.1, -0.05) is 28.1 Å². The molecule has 1 amide bonds. The van der Waals surface area contributed by atoms with Crippen molar-refractivity contribution in [3.8, 4) is 11.6 Å². The van der Waals surface area contributed by atoms with Crippen LogP contribution in [0.15, 0.2) is 57.2 Å². The Morgan fingerprint density at radius 3 is 2.83 bits per heavy atom. The number of fused-ring (bicyclic) bond motifs is 1. The molecule has 7 heteroatoms. The summed E-state index contributed by atoms with van der Waals surface area (Å²) in [6.07, 6.45) is 0. The molecule has 0 saturated heterocycles. The molecule has 3 rings (SSSR count). The minimum Gasteiger partial charge on any atom is -0.496 e. The second-order valence-corrected chi connectivity index (χ2v) is 5.63. The maximum Gasteiger partial charge on any atom is 0.299 e. The van der Waals surface area contributed by atoms with E-state index in [1.54, 1.807) is 36.4 Å². The number of carbonyl (C=O) groups excluding carboxylic acids is 1. The summed E-state index contributed by atoms with van der Waals surface area (Å²) in [5.41, 5.74) is 1.22. The molecule has 1 heterocycles. The number of azo groups is 1. The van der Waals surface area contributed by atoms with Crippen LogP contribution in [0.1, 0.15) is 10.4 Å². The first kappa shape index (κ1) is 15.2. The van der Waals surface area contributed by atoms with Gasteiger partial charge in [-0.15, -0.1) is 10.2 Å². The number of rotatable bonds is 3. The first-order chi connectivity index (χ1) is 11.1. The van der Waals surface area contributed by atoms with Gasteiger partial charge in [-0.05, 0) is 30.3 Å². The lowest BCUT2D eigenvalue weighted by Gasteiger charge is -2.03. The van der Waals surface area contributed by atoms with E-state index >= 15 is 0 Å². The molecule has 6 nitrogen and oxygen atoms in total. The zero-order valence-corrected chi connectivity index (χ0v) is 13.7. The lowest BCUT2D eigenvalue weighted by atomic mass is 10.2. The van der Waals surface area contributed by atoms with Crippen molar-refractivity contribution in [1.29, 1.82) is 0 Å². The zero-order valence-electron chi connectivity index (χ0n) is 12.1. The van der Waals surface area contributed by atoms with Gasteiger partial charge in [-0.3, -0.25) is 4.79 Å². The van der Waals surface area contributed by atoms with Gasteiger partial charge in [0.2, 0.25) is 5.88 Å². The van der Waals surface area contributed by atoms with Crippen LogP contribution >= 0.6 is 15.9 Å². The minimum absolute atomic E-state index is 0.144. The molecule has 0 unspecified atom stereocenters. The molecule has 0 bridgehead atoms. The fraction of sp³-hybridized carbons (Fsp3) is 0.0625. The number of benzene rings is 2. The highest BCUT2D eigenvalue weighted by molar-refractivity contribution is 9.10. The third kappa shape index (κ3) is 2.95. The van der Waals surface area contributed by atoms with E-state index in [1.165, 1.54) is 7.11 Å². The maximum atomic E-state index is 12.2. The molecule has 0 spiro atoms. The Morgan fingerprint density at radius 2 is 2.04 bits per heavy atom. The van der Waals surface area contributed by atoms with Crippen molar-refractivity contribution in [1.82, 2.24) is 4.98 Å². The van der Waals surface area contributed by atoms with Gasteiger partial charge in [-0.25, -0.2) is 0 Å². The average Bonchev–Trinajstić information content (AvgIpc) is 2.87. The number of amides is 1. The summed E-state index contributed by atoms with van der Waals surface area (Å²) >= 11 is 3.36. The highest BCUT2D eigenvalue weighted by Crippen LogP contribution is 2.37. The molecule has 0 atom stereocenters. The van der Waals surface area contributed by atoms with E-state index in [2.05, 4.69) is 31.1 Å². The highest BCUT2D eigenvalue weighted by atomic mass is 79.9. The molecule has 0 fully saturated rings. The molecule has 23 heavy (non-hydrogen) atoms. The van der Waals surface area contributed by atoms with E-state index in [-0.39, 0.29) is 11.6 Å². The van der Waals surface area contributed by atoms with Crippen molar-refractivity contribution in [3.05, 3.63) is 52.5 Å². The first-order valence-corrected chi connectivity index (χ1v) is 7.48. The summed E-state index contributed by atoms with van der Waals surface area (Å²) in [4.78, 5) is 15.0. The molecule has 0 aliphatic rings. The third-order valence-electron chi connectivity index (χ3n) is 3.29. The molecular weight excluding hydrogens is 362 g/mol. The normalized spacial score (nSPS) is 11.2. The summed E-state index contributed by atoms with van der Waals surface area (Å²) in [5.74, 6) is -0.275. The molecular formula is C16H12BrN3O3. The summed E-state index contributed by atoms with van der Waals surface area (Å²) in [6.45, 7) is 0. The van der Waals surface area contributed by atoms with Crippen LogP contribution in [0.2, 0.25) is 0 Å². The van der Waals surface area contributed by atoms with Gasteiger partial charge in [0.1, 0.15) is 5.75 Å². The molecule has 0 aliphatic carbocycles. The zero-order chi connectivity index (χ0) is 16.4. The second kappa shape index (κ2) is 6.21. The number of aromatic hydroxyl groups is 1. The first-order valence-electron chi connectivity index (χ1n) is 6.69. The van der Waals surface area contributed by atoms with Crippen LogP contribution in [0.3, 0.4) is 0 Å². The Balaban J connectivity index is 1.98.